The normalized spacial score (nSPS) is 13.2. The Labute approximate surface area is 157 Å². The highest BCUT2D eigenvalue weighted by Gasteiger charge is 2.37. The molecule has 0 spiro atoms. The number of nitrogen functional groups attached to an aromatic ring is 1. The van der Waals surface area contributed by atoms with Gasteiger partial charge in [0.1, 0.15) is 5.69 Å². The third-order valence-electron chi connectivity index (χ3n) is 4.73. The molecule has 3 aromatic heterocycles. The molecule has 3 heterocycles. The second kappa shape index (κ2) is 6.36. The van der Waals surface area contributed by atoms with Gasteiger partial charge in [-0.15, -0.1) is 0 Å². The number of imidazole rings is 1. The molecule has 6 nitrogen and oxygen atoms in total. The molecular formula is C19H16F3N5O. The zero-order valence-electron chi connectivity index (χ0n) is 15.0. The summed E-state index contributed by atoms with van der Waals surface area (Å²) in [6.45, 7) is 2.98. The predicted molar refractivity (Wildman–Crippen MR) is 97.5 cm³/mol. The standard InChI is InChI=1S/C19H16F3N5O/c1-10-3-4-12(11(2)19(20,21)22)5-13(10)15-6-25-18-17(23)26-14(8-27(15)18)16-7-24-9-28-16/h3-9,11H,1-2H3,(H2,23,26). The SMILES string of the molecule is Cc1ccc(C(C)C(F)(F)F)cc1-c1cnc2c(N)nc(-c3cnco3)cn12. The molecule has 0 radical (unpaired) electrons. The maximum atomic E-state index is 13.2. The first-order valence-corrected chi connectivity index (χ1v) is 8.46. The van der Waals surface area contributed by atoms with Crippen molar-refractivity contribution in [3.05, 3.63) is 54.3 Å². The Bertz CT molecular complexity index is 1150. The number of aryl methyl sites for hydroxylation is 1. The first-order valence-electron chi connectivity index (χ1n) is 8.46. The third kappa shape index (κ3) is 2.98. The van der Waals surface area contributed by atoms with Crippen LogP contribution in [0.15, 0.2) is 47.6 Å². The van der Waals surface area contributed by atoms with E-state index in [-0.39, 0.29) is 11.4 Å². The van der Waals surface area contributed by atoms with E-state index in [0.29, 0.717) is 28.4 Å². The van der Waals surface area contributed by atoms with Gasteiger partial charge in [0.25, 0.3) is 0 Å². The number of fused-ring (bicyclic) bond motifs is 1. The van der Waals surface area contributed by atoms with Crippen LogP contribution in [0.3, 0.4) is 0 Å². The summed E-state index contributed by atoms with van der Waals surface area (Å²) in [7, 11) is 0. The molecule has 1 unspecified atom stereocenters. The van der Waals surface area contributed by atoms with E-state index in [4.69, 9.17) is 10.2 Å². The van der Waals surface area contributed by atoms with Crippen molar-refractivity contribution < 1.29 is 17.6 Å². The van der Waals surface area contributed by atoms with E-state index in [1.807, 2.05) is 6.92 Å². The van der Waals surface area contributed by atoms with Crippen LogP contribution in [0.25, 0.3) is 28.4 Å². The Morgan fingerprint density at radius 2 is 2.00 bits per heavy atom. The van der Waals surface area contributed by atoms with Crippen molar-refractivity contribution in [2.45, 2.75) is 25.9 Å². The number of anilines is 1. The number of rotatable bonds is 3. The number of benzene rings is 1. The van der Waals surface area contributed by atoms with Crippen molar-refractivity contribution in [2.24, 2.45) is 0 Å². The van der Waals surface area contributed by atoms with E-state index in [2.05, 4.69) is 15.0 Å². The lowest BCUT2D eigenvalue weighted by molar-refractivity contribution is -0.146. The van der Waals surface area contributed by atoms with Crippen LogP contribution in [-0.4, -0.2) is 25.5 Å². The fourth-order valence-electron chi connectivity index (χ4n) is 3.05. The maximum absolute atomic E-state index is 13.2. The molecule has 4 aromatic rings. The van der Waals surface area contributed by atoms with Crippen LogP contribution in [0.2, 0.25) is 0 Å². The molecule has 0 saturated carbocycles. The number of hydrogen-bond donors (Lipinski definition) is 1. The van der Waals surface area contributed by atoms with Gasteiger partial charge in [-0.25, -0.2) is 15.0 Å². The highest BCUT2D eigenvalue weighted by molar-refractivity contribution is 5.73. The fourth-order valence-corrected chi connectivity index (χ4v) is 3.05. The highest BCUT2D eigenvalue weighted by atomic mass is 19.4. The first-order chi connectivity index (χ1) is 13.3. The van der Waals surface area contributed by atoms with E-state index in [0.717, 1.165) is 12.5 Å². The minimum atomic E-state index is -4.32. The van der Waals surface area contributed by atoms with Gasteiger partial charge in [0, 0.05) is 11.8 Å². The van der Waals surface area contributed by atoms with Crippen LogP contribution in [0.5, 0.6) is 0 Å². The van der Waals surface area contributed by atoms with E-state index in [9.17, 15) is 13.2 Å². The van der Waals surface area contributed by atoms with Crippen LogP contribution >= 0.6 is 0 Å². The fraction of sp³-hybridized carbons (Fsp3) is 0.211. The molecular weight excluding hydrogens is 371 g/mol. The summed E-state index contributed by atoms with van der Waals surface area (Å²) in [5.74, 6) is -0.982. The molecule has 28 heavy (non-hydrogen) atoms. The van der Waals surface area contributed by atoms with Gasteiger partial charge in [-0.1, -0.05) is 12.1 Å². The Balaban J connectivity index is 1.90. The zero-order valence-corrected chi connectivity index (χ0v) is 15.0. The summed E-state index contributed by atoms with van der Waals surface area (Å²) < 4.78 is 46.5. The molecule has 1 aromatic carbocycles. The molecule has 0 fully saturated rings. The topological polar surface area (TPSA) is 82.2 Å². The molecule has 4 rings (SSSR count). The number of hydrogen-bond acceptors (Lipinski definition) is 5. The van der Waals surface area contributed by atoms with Gasteiger partial charge in [0.15, 0.2) is 23.6 Å². The molecule has 144 valence electrons. The van der Waals surface area contributed by atoms with Gasteiger partial charge < -0.3 is 10.2 Å². The predicted octanol–water partition coefficient (Wildman–Crippen LogP) is 4.61. The van der Waals surface area contributed by atoms with E-state index in [1.165, 1.54) is 18.7 Å². The number of nitrogens with zero attached hydrogens (tertiary/aromatic N) is 4. The van der Waals surface area contributed by atoms with E-state index < -0.39 is 12.1 Å². The number of oxazole rings is 1. The smallest absolute Gasteiger partial charge is 0.395 e. The zero-order chi connectivity index (χ0) is 20.1. The van der Waals surface area contributed by atoms with Crippen molar-refractivity contribution in [1.82, 2.24) is 19.4 Å². The summed E-state index contributed by atoms with van der Waals surface area (Å²) in [5.41, 5.74) is 9.12. The molecule has 0 saturated heterocycles. The average molecular weight is 387 g/mol. The second-order valence-electron chi connectivity index (χ2n) is 6.55. The van der Waals surface area contributed by atoms with Gasteiger partial charge in [-0.3, -0.25) is 4.40 Å². The lowest BCUT2D eigenvalue weighted by Crippen LogP contribution is -2.17. The molecule has 0 amide bonds. The van der Waals surface area contributed by atoms with Crippen molar-refractivity contribution in [3.63, 3.8) is 0 Å². The first kappa shape index (κ1) is 18.0. The van der Waals surface area contributed by atoms with E-state index >= 15 is 0 Å². The second-order valence-corrected chi connectivity index (χ2v) is 6.55. The molecule has 9 heteroatoms. The van der Waals surface area contributed by atoms with Gasteiger partial charge in [-0.05, 0) is 31.0 Å². The third-order valence-corrected chi connectivity index (χ3v) is 4.73. The molecule has 2 N–H and O–H groups in total. The number of alkyl halides is 3. The summed E-state index contributed by atoms with van der Waals surface area (Å²) in [5, 5.41) is 0. The number of halogens is 3. The van der Waals surface area contributed by atoms with Crippen molar-refractivity contribution in [1.29, 1.82) is 0 Å². The highest BCUT2D eigenvalue weighted by Crippen LogP contribution is 2.37. The van der Waals surface area contributed by atoms with Crippen LogP contribution in [0.1, 0.15) is 24.0 Å². The Kier molecular flexibility index (Phi) is 4.10. The number of nitrogens with two attached hydrogens (primary N) is 1. The van der Waals surface area contributed by atoms with Gasteiger partial charge in [0.2, 0.25) is 0 Å². The minimum absolute atomic E-state index is 0.178. The van der Waals surface area contributed by atoms with Crippen molar-refractivity contribution >= 4 is 11.5 Å². The van der Waals surface area contributed by atoms with Crippen LogP contribution in [0, 0.1) is 6.92 Å². The largest absolute Gasteiger partial charge is 0.442 e. The summed E-state index contributed by atoms with van der Waals surface area (Å²) in [4.78, 5) is 12.4. The molecule has 1 atom stereocenters. The van der Waals surface area contributed by atoms with Crippen LogP contribution in [0.4, 0.5) is 19.0 Å². The quantitative estimate of drug-likeness (QED) is 0.555. The van der Waals surface area contributed by atoms with Crippen LogP contribution < -0.4 is 5.73 Å². The van der Waals surface area contributed by atoms with E-state index in [1.54, 1.807) is 28.9 Å². The summed E-state index contributed by atoms with van der Waals surface area (Å²) >= 11 is 0. The van der Waals surface area contributed by atoms with Gasteiger partial charge in [-0.2, -0.15) is 13.2 Å². The van der Waals surface area contributed by atoms with Gasteiger partial charge >= 0.3 is 6.18 Å². The Hall–Kier alpha value is -3.36. The maximum Gasteiger partial charge on any atom is 0.395 e. The average Bonchev–Trinajstić information content (AvgIpc) is 3.30. The lowest BCUT2D eigenvalue weighted by atomic mass is 9.95. The Morgan fingerprint density at radius 1 is 1.21 bits per heavy atom. The minimum Gasteiger partial charge on any atom is -0.442 e. The molecule has 0 aliphatic heterocycles. The molecule has 0 aliphatic carbocycles. The van der Waals surface area contributed by atoms with Crippen molar-refractivity contribution in [3.8, 4) is 22.7 Å². The van der Waals surface area contributed by atoms with Crippen LogP contribution in [-0.2, 0) is 0 Å². The van der Waals surface area contributed by atoms with Gasteiger partial charge in [0.05, 0.1) is 24.0 Å². The molecule has 0 aliphatic rings. The summed E-state index contributed by atoms with van der Waals surface area (Å²) in [6.07, 6.45) is 1.70. The summed E-state index contributed by atoms with van der Waals surface area (Å²) in [6, 6.07) is 4.71. The molecule has 0 bridgehead atoms. The Morgan fingerprint density at radius 3 is 2.68 bits per heavy atom. The number of aromatic nitrogens is 4. The lowest BCUT2D eigenvalue weighted by Gasteiger charge is -2.17. The monoisotopic (exact) mass is 387 g/mol. The van der Waals surface area contributed by atoms with Crippen molar-refractivity contribution in [2.75, 3.05) is 5.73 Å².